The van der Waals surface area contributed by atoms with Gasteiger partial charge in [0, 0.05) is 18.3 Å². The molecule has 4 nitrogen and oxygen atoms in total. The molecule has 70 valence electrons. The van der Waals surface area contributed by atoms with Crippen molar-refractivity contribution in [3.05, 3.63) is 0 Å². The summed E-state index contributed by atoms with van der Waals surface area (Å²) in [6.45, 7) is 0.949. The van der Waals surface area contributed by atoms with Crippen LogP contribution in [0.2, 0.25) is 0 Å². The SMILES string of the molecule is CN=C(NN)NCC1(SC)CC1. The van der Waals surface area contributed by atoms with Crippen LogP contribution in [0.4, 0.5) is 0 Å². The molecule has 1 saturated carbocycles. The van der Waals surface area contributed by atoms with Gasteiger partial charge in [0.1, 0.15) is 0 Å². The molecule has 1 fully saturated rings. The van der Waals surface area contributed by atoms with Gasteiger partial charge in [-0.2, -0.15) is 11.8 Å². The maximum Gasteiger partial charge on any atom is 0.205 e. The molecular formula is C7H16N4S. The van der Waals surface area contributed by atoms with Crippen LogP contribution in [0.25, 0.3) is 0 Å². The Kier molecular flexibility index (Phi) is 3.22. The van der Waals surface area contributed by atoms with Gasteiger partial charge in [-0.3, -0.25) is 10.4 Å². The fourth-order valence-electron chi connectivity index (χ4n) is 1.03. The lowest BCUT2D eigenvalue weighted by atomic mass is 10.4. The van der Waals surface area contributed by atoms with E-state index in [-0.39, 0.29) is 0 Å². The maximum atomic E-state index is 5.22. The molecule has 1 rings (SSSR count). The molecule has 0 unspecified atom stereocenters. The molecule has 5 heteroatoms. The highest BCUT2D eigenvalue weighted by Crippen LogP contribution is 2.46. The first-order valence-electron chi connectivity index (χ1n) is 3.99. The Labute approximate surface area is 77.4 Å². The summed E-state index contributed by atoms with van der Waals surface area (Å²) in [6, 6.07) is 0. The topological polar surface area (TPSA) is 62.4 Å². The van der Waals surface area contributed by atoms with Gasteiger partial charge in [-0.05, 0) is 19.1 Å². The van der Waals surface area contributed by atoms with Gasteiger partial charge in [0.2, 0.25) is 5.96 Å². The molecule has 0 saturated heterocycles. The number of hydrogen-bond donors (Lipinski definition) is 3. The van der Waals surface area contributed by atoms with E-state index in [1.54, 1.807) is 7.05 Å². The Bertz CT molecular complexity index is 176. The number of nitrogens with two attached hydrogens (primary N) is 1. The largest absolute Gasteiger partial charge is 0.354 e. The highest BCUT2D eigenvalue weighted by molar-refractivity contribution is 8.00. The fourth-order valence-corrected chi connectivity index (χ4v) is 1.76. The van der Waals surface area contributed by atoms with Crippen LogP contribution in [0, 0.1) is 0 Å². The summed E-state index contributed by atoms with van der Waals surface area (Å²) in [4.78, 5) is 3.93. The third-order valence-electron chi connectivity index (χ3n) is 2.18. The van der Waals surface area contributed by atoms with Crippen molar-refractivity contribution >= 4 is 17.7 Å². The fraction of sp³-hybridized carbons (Fsp3) is 0.857. The van der Waals surface area contributed by atoms with E-state index in [1.807, 2.05) is 11.8 Å². The molecule has 0 bridgehead atoms. The van der Waals surface area contributed by atoms with Crippen molar-refractivity contribution in [3.8, 4) is 0 Å². The number of nitrogens with one attached hydrogen (secondary N) is 2. The molecule has 12 heavy (non-hydrogen) atoms. The van der Waals surface area contributed by atoms with Gasteiger partial charge in [-0.1, -0.05) is 0 Å². The third kappa shape index (κ3) is 2.28. The predicted molar refractivity (Wildman–Crippen MR) is 54.2 cm³/mol. The number of rotatable bonds is 3. The first-order valence-corrected chi connectivity index (χ1v) is 5.21. The molecule has 0 aromatic carbocycles. The van der Waals surface area contributed by atoms with Crippen molar-refractivity contribution in [2.24, 2.45) is 10.8 Å². The van der Waals surface area contributed by atoms with Crippen molar-refractivity contribution in [2.75, 3.05) is 19.8 Å². The Hall–Kier alpha value is -0.420. The lowest BCUT2D eigenvalue weighted by Gasteiger charge is -2.14. The quantitative estimate of drug-likeness (QED) is 0.251. The van der Waals surface area contributed by atoms with Gasteiger partial charge < -0.3 is 5.32 Å². The summed E-state index contributed by atoms with van der Waals surface area (Å²) in [5.41, 5.74) is 2.51. The van der Waals surface area contributed by atoms with Gasteiger partial charge in [0.25, 0.3) is 0 Å². The Morgan fingerprint density at radius 1 is 1.67 bits per heavy atom. The molecule has 1 aliphatic rings. The van der Waals surface area contributed by atoms with E-state index < -0.39 is 0 Å². The molecule has 0 aromatic rings. The number of thioether (sulfide) groups is 1. The molecule has 0 atom stereocenters. The van der Waals surface area contributed by atoms with Gasteiger partial charge >= 0.3 is 0 Å². The van der Waals surface area contributed by atoms with E-state index in [0.29, 0.717) is 10.7 Å². The number of nitrogens with zero attached hydrogens (tertiary/aromatic N) is 1. The van der Waals surface area contributed by atoms with Crippen LogP contribution in [0.15, 0.2) is 4.99 Å². The van der Waals surface area contributed by atoms with Crippen molar-refractivity contribution in [3.63, 3.8) is 0 Å². The molecule has 0 amide bonds. The van der Waals surface area contributed by atoms with E-state index in [2.05, 4.69) is 22.0 Å². The van der Waals surface area contributed by atoms with Gasteiger partial charge in [-0.15, -0.1) is 0 Å². The summed E-state index contributed by atoms with van der Waals surface area (Å²) in [6.07, 6.45) is 4.73. The zero-order valence-electron chi connectivity index (χ0n) is 7.55. The Balaban J connectivity index is 2.25. The molecular weight excluding hydrogens is 172 g/mol. The van der Waals surface area contributed by atoms with Gasteiger partial charge in [0.05, 0.1) is 0 Å². The minimum atomic E-state index is 0.451. The molecule has 0 radical (unpaired) electrons. The highest BCUT2D eigenvalue weighted by atomic mass is 32.2. The van der Waals surface area contributed by atoms with Crippen LogP contribution < -0.4 is 16.6 Å². The Morgan fingerprint density at radius 2 is 2.33 bits per heavy atom. The second-order valence-corrected chi connectivity index (χ2v) is 4.23. The lowest BCUT2D eigenvalue weighted by molar-refractivity contribution is 0.782. The van der Waals surface area contributed by atoms with E-state index in [0.717, 1.165) is 6.54 Å². The molecule has 0 aromatic heterocycles. The predicted octanol–water partition coefficient (Wildman–Crippen LogP) is -0.0793. The minimum Gasteiger partial charge on any atom is -0.354 e. The van der Waals surface area contributed by atoms with Crippen LogP contribution in [0.3, 0.4) is 0 Å². The first-order chi connectivity index (χ1) is 5.76. The minimum absolute atomic E-state index is 0.451. The second-order valence-electron chi connectivity index (χ2n) is 2.96. The normalized spacial score (nSPS) is 20.4. The molecule has 1 aliphatic carbocycles. The van der Waals surface area contributed by atoms with Gasteiger partial charge in [-0.25, -0.2) is 5.84 Å². The van der Waals surface area contributed by atoms with E-state index in [1.165, 1.54) is 12.8 Å². The van der Waals surface area contributed by atoms with E-state index in [9.17, 15) is 0 Å². The smallest absolute Gasteiger partial charge is 0.205 e. The average Bonchev–Trinajstić information content (AvgIpc) is 2.87. The number of guanidine groups is 1. The average molecular weight is 188 g/mol. The van der Waals surface area contributed by atoms with E-state index in [4.69, 9.17) is 5.84 Å². The summed E-state index contributed by atoms with van der Waals surface area (Å²) < 4.78 is 0.451. The zero-order valence-corrected chi connectivity index (χ0v) is 8.37. The zero-order chi connectivity index (χ0) is 9.03. The van der Waals surface area contributed by atoms with Crippen molar-refractivity contribution in [1.29, 1.82) is 0 Å². The summed E-state index contributed by atoms with van der Waals surface area (Å²) in [5, 5.41) is 3.17. The van der Waals surface area contributed by atoms with Crippen LogP contribution in [-0.4, -0.2) is 30.6 Å². The lowest BCUT2D eigenvalue weighted by Crippen LogP contribution is -2.44. The summed E-state index contributed by atoms with van der Waals surface area (Å²) >= 11 is 1.92. The third-order valence-corrected chi connectivity index (χ3v) is 3.60. The van der Waals surface area contributed by atoms with Crippen LogP contribution in [0.5, 0.6) is 0 Å². The summed E-state index contributed by atoms with van der Waals surface area (Å²) in [7, 11) is 1.71. The van der Waals surface area contributed by atoms with E-state index >= 15 is 0 Å². The molecule has 0 heterocycles. The van der Waals surface area contributed by atoms with Crippen molar-refractivity contribution in [1.82, 2.24) is 10.7 Å². The number of hydrogen-bond acceptors (Lipinski definition) is 3. The second kappa shape index (κ2) is 4.00. The Morgan fingerprint density at radius 3 is 2.67 bits per heavy atom. The monoisotopic (exact) mass is 188 g/mol. The molecule has 0 aliphatic heterocycles. The molecule has 4 N–H and O–H groups in total. The maximum absolute atomic E-state index is 5.22. The highest BCUT2D eigenvalue weighted by Gasteiger charge is 2.41. The number of aliphatic imine (C=N–C) groups is 1. The van der Waals surface area contributed by atoms with Crippen molar-refractivity contribution < 1.29 is 0 Å². The van der Waals surface area contributed by atoms with Crippen LogP contribution in [-0.2, 0) is 0 Å². The van der Waals surface area contributed by atoms with Crippen LogP contribution in [0.1, 0.15) is 12.8 Å². The van der Waals surface area contributed by atoms with Crippen molar-refractivity contribution in [2.45, 2.75) is 17.6 Å². The standard InChI is InChI=1S/C7H16N4S/c1-9-6(11-8)10-5-7(12-2)3-4-7/h3-5,8H2,1-2H3,(H2,9,10,11). The van der Waals surface area contributed by atoms with Gasteiger partial charge in [0.15, 0.2) is 0 Å². The summed E-state index contributed by atoms with van der Waals surface area (Å²) in [5.74, 6) is 5.89. The number of hydrazine groups is 1. The molecule has 0 spiro atoms. The van der Waals surface area contributed by atoms with Crippen LogP contribution >= 0.6 is 11.8 Å². The first kappa shape index (κ1) is 9.67.